The van der Waals surface area contributed by atoms with Gasteiger partial charge in [-0.3, -0.25) is 14.7 Å². The van der Waals surface area contributed by atoms with Crippen molar-refractivity contribution in [2.75, 3.05) is 26.2 Å². The van der Waals surface area contributed by atoms with Crippen molar-refractivity contribution in [3.05, 3.63) is 46.7 Å². The maximum absolute atomic E-state index is 12.7. The fraction of sp³-hybridized carbons (Fsp3) is 0.500. The number of rotatable bonds is 3. The van der Waals surface area contributed by atoms with Crippen molar-refractivity contribution in [2.24, 2.45) is 5.41 Å². The number of carbonyl (C=O) groups excluding carboxylic acids is 1. The summed E-state index contributed by atoms with van der Waals surface area (Å²) >= 11 is 1.73. The van der Waals surface area contributed by atoms with Gasteiger partial charge in [0.2, 0.25) is 0 Å². The van der Waals surface area contributed by atoms with E-state index in [0.717, 1.165) is 39.1 Å². The highest BCUT2D eigenvalue weighted by Crippen LogP contribution is 2.39. The molecule has 1 atom stereocenters. The number of amides is 1. The molecule has 24 heavy (non-hydrogen) atoms. The molecule has 0 radical (unpaired) electrons. The lowest BCUT2D eigenvalue weighted by atomic mass is 9.79. The SMILES string of the molecule is O=C(c1cccnc1)N1CC[C@]2(CCCN(Cc3nccs3)C2)C1. The maximum Gasteiger partial charge on any atom is 0.255 e. The Labute approximate surface area is 146 Å². The first-order valence-corrected chi connectivity index (χ1v) is 9.42. The second kappa shape index (κ2) is 6.61. The van der Waals surface area contributed by atoms with Crippen LogP contribution >= 0.6 is 11.3 Å². The van der Waals surface area contributed by atoms with E-state index in [-0.39, 0.29) is 11.3 Å². The largest absolute Gasteiger partial charge is 0.338 e. The van der Waals surface area contributed by atoms with Crippen molar-refractivity contribution in [3.63, 3.8) is 0 Å². The zero-order valence-corrected chi connectivity index (χ0v) is 14.5. The third-order valence-corrected chi connectivity index (χ3v) is 5.98. The van der Waals surface area contributed by atoms with Crippen LogP contribution in [0.5, 0.6) is 0 Å². The third-order valence-electron chi connectivity index (χ3n) is 5.22. The Morgan fingerprint density at radius 2 is 2.21 bits per heavy atom. The zero-order valence-electron chi connectivity index (χ0n) is 13.7. The first-order valence-electron chi connectivity index (χ1n) is 8.54. The van der Waals surface area contributed by atoms with E-state index in [1.54, 1.807) is 23.7 Å². The van der Waals surface area contributed by atoms with Crippen LogP contribution in [0, 0.1) is 5.41 Å². The molecular weight excluding hydrogens is 320 g/mol. The summed E-state index contributed by atoms with van der Waals surface area (Å²) in [5, 5.41) is 3.23. The Bertz CT molecular complexity index is 690. The number of hydrogen-bond acceptors (Lipinski definition) is 5. The van der Waals surface area contributed by atoms with E-state index in [9.17, 15) is 4.79 Å². The first-order chi connectivity index (χ1) is 11.7. The summed E-state index contributed by atoms with van der Waals surface area (Å²) in [7, 11) is 0. The molecule has 2 aliphatic rings. The van der Waals surface area contributed by atoms with Crippen LogP contribution in [0.1, 0.15) is 34.6 Å². The van der Waals surface area contributed by atoms with Gasteiger partial charge >= 0.3 is 0 Å². The average molecular weight is 342 g/mol. The van der Waals surface area contributed by atoms with Gasteiger partial charge in [0.15, 0.2) is 0 Å². The molecule has 0 aromatic carbocycles. The van der Waals surface area contributed by atoms with Crippen LogP contribution < -0.4 is 0 Å². The molecule has 4 heterocycles. The van der Waals surface area contributed by atoms with Crippen LogP contribution in [0.25, 0.3) is 0 Å². The summed E-state index contributed by atoms with van der Waals surface area (Å²) in [6.07, 6.45) is 8.79. The highest BCUT2D eigenvalue weighted by Gasteiger charge is 2.42. The number of carbonyl (C=O) groups is 1. The molecule has 1 amide bonds. The van der Waals surface area contributed by atoms with Gasteiger partial charge in [-0.1, -0.05) is 0 Å². The van der Waals surface area contributed by atoms with Crippen molar-refractivity contribution in [1.82, 2.24) is 19.8 Å². The molecular formula is C18H22N4OS. The van der Waals surface area contributed by atoms with E-state index in [1.807, 2.05) is 28.6 Å². The lowest BCUT2D eigenvalue weighted by Gasteiger charge is -2.40. The number of thiazole rings is 1. The molecule has 1 spiro atoms. The van der Waals surface area contributed by atoms with Crippen molar-refractivity contribution >= 4 is 17.2 Å². The number of aromatic nitrogens is 2. The zero-order chi connectivity index (χ0) is 16.4. The van der Waals surface area contributed by atoms with Crippen LogP contribution in [0.2, 0.25) is 0 Å². The number of pyridine rings is 1. The van der Waals surface area contributed by atoms with Gasteiger partial charge < -0.3 is 4.90 Å². The van der Waals surface area contributed by atoms with Gasteiger partial charge in [0.05, 0.1) is 12.1 Å². The predicted octanol–water partition coefficient (Wildman–Crippen LogP) is 2.67. The molecule has 2 aromatic heterocycles. The van der Waals surface area contributed by atoms with Gasteiger partial charge in [-0.05, 0) is 37.9 Å². The smallest absolute Gasteiger partial charge is 0.255 e. The van der Waals surface area contributed by atoms with E-state index >= 15 is 0 Å². The number of likely N-dealkylation sites (tertiary alicyclic amines) is 2. The molecule has 5 nitrogen and oxygen atoms in total. The summed E-state index contributed by atoms with van der Waals surface area (Å²) < 4.78 is 0. The van der Waals surface area contributed by atoms with E-state index < -0.39 is 0 Å². The Kier molecular flexibility index (Phi) is 4.33. The van der Waals surface area contributed by atoms with Crippen molar-refractivity contribution in [2.45, 2.75) is 25.8 Å². The summed E-state index contributed by atoms with van der Waals surface area (Å²) in [5.74, 6) is 0.122. The molecule has 2 saturated heterocycles. The second-order valence-electron chi connectivity index (χ2n) is 6.96. The molecule has 2 aromatic rings. The Balaban J connectivity index is 1.42. The fourth-order valence-corrected chi connectivity index (χ4v) is 4.74. The van der Waals surface area contributed by atoms with Crippen LogP contribution in [0.3, 0.4) is 0 Å². The normalized spacial score (nSPS) is 24.6. The van der Waals surface area contributed by atoms with E-state index in [1.165, 1.54) is 17.8 Å². The molecule has 0 bridgehead atoms. The van der Waals surface area contributed by atoms with E-state index in [0.29, 0.717) is 5.56 Å². The van der Waals surface area contributed by atoms with Gasteiger partial charge in [-0.2, -0.15) is 0 Å². The minimum absolute atomic E-state index is 0.122. The van der Waals surface area contributed by atoms with Gasteiger partial charge in [0.1, 0.15) is 5.01 Å². The molecule has 4 rings (SSSR count). The highest BCUT2D eigenvalue weighted by molar-refractivity contribution is 7.09. The standard InChI is InChI=1S/C18H22N4OS/c23-17(15-3-1-6-19-11-15)22-9-5-18(14-22)4-2-8-21(13-18)12-16-20-7-10-24-16/h1,3,6-7,10-11H,2,4-5,8-9,12-14H2/t18-/m0/s1. The van der Waals surface area contributed by atoms with Crippen LogP contribution in [-0.4, -0.2) is 51.9 Å². The van der Waals surface area contributed by atoms with Gasteiger partial charge in [-0.15, -0.1) is 11.3 Å². The number of nitrogens with zero attached hydrogens (tertiary/aromatic N) is 4. The van der Waals surface area contributed by atoms with E-state index in [4.69, 9.17) is 0 Å². The van der Waals surface area contributed by atoms with Crippen LogP contribution in [-0.2, 0) is 6.54 Å². The van der Waals surface area contributed by atoms with Gasteiger partial charge in [0.25, 0.3) is 5.91 Å². The predicted molar refractivity (Wildman–Crippen MR) is 93.8 cm³/mol. The molecule has 0 N–H and O–H groups in total. The molecule has 2 fully saturated rings. The Morgan fingerprint density at radius 3 is 3.00 bits per heavy atom. The summed E-state index contributed by atoms with van der Waals surface area (Å²) in [6, 6.07) is 3.69. The van der Waals surface area contributed by atoms with Gasteiger partial charge in [-0.25, -0.2) is 4.98 Å². The lowest BCUT2D eigenvalue weighted by Crippen LogP contribution is -2.45. The maximum atomic E-state index is 12.7. The second-order valence-corrected chi connectivity index (χ2v) is 7.94. The van der Waals surface area contributed by atoms with E-state index in [2.05, 4.69) is 14.9 Å². The molecule has 6 heteroatoms. The topological polar surface area (TPSA) is 49.3 Å². The summed E-state index contributed by atoms with van der Waals surface area (Å²) in [5.41, 5.74) is 0.956. The number of hydrogen-bond donors (Lipinski definition) is 0. The molecule has 2 aliphatic heterocycles. The molecule has 126 valence electrons. The monoisotopic (exact) mass is 342 g/mol. The van der Waals surface area contributed by atoms with Crippen molar-refractivity contribution in [3.8, 4) is 0 Å². The van der Waals surface area contributed by atoms with Gasteiger partial charge in [0, 0.05) is 49.0 Å². The number of piperidine rings is 1. The average Bonchev–Trinajstić information content (AvgIpc) is 3.26. The van der Waals surface area contributed by atoms with Crippen molar-refractivity contribution < 1.29 is 4.79 Å². The lowest BCUT2D eigenvalue weighted by molar-refractivity contribution is 0.0675. The molecule has 0 aliphatic carbocycles. The Hall–Kier alpha value is -1.79. The molecule has 0 unspecified atom stereocenters. The Morgan fingerprint density at radius 1 is 1.25 bits per heavy atom. The summed E-state index contributed by atoms with van der Waals surface area (Å²) in [6.45, 7) is 4.88. The third kappa shape index (κ3) is 3.21. The fourth-order valence-electron chi connectivity index (χ4n) is 4.08. The quantitative estimate of drug-likeness (QED) is 0.860. The minimum atomic E-state index is 0.122. The molecule has 0 saturated carbocycles. The van der Waals surface area contributed by atoms with Crippen LogP contribution in [0.4, 0.5) is 0 Å². The summed E-state index contributed by atoms with van der Waals surface area (Å²) in [4.78, 5) is 25.7. The minimum Gasteiger partial charge on any atom is -0.338 e. The first kappa shape index (κ1) is 15.7. The van der Waals surface area contributed by atoms with Crippen molar-refractivity contribution in [1.29, 1.82) is 0 Å². The van der Waals surface area contributed by atoms with Crippen LogP contribution in [0.15, 0.2) is 36.1 Å². The highest BCUT2D eigenvalue weighted by atomic mass is 32.1.